The lowest BCUT2D eigenvalue weighted by Gasteiger charge is -2.19. The van der Waals surface area contributed by atoms with Crippen molar-refractivity contribution in [3.05, 3.63) is 54.1 Å². The zero-order valence-corrected chi connectivity index (χ0v) is 16.0. The second-order valence-corrected chi connectivity index (χ2v) is 6.57. The predicted octanol–water partition coefficient (Wildman–Crippen LogP) is 3.14. The molecule has 3 rings (SSSR count). The van der Waals surface area contributed by atoms with Gasteiger partial charge in [-0.25, -0.2) is 4.98 Å². The molecule has 0 aliphatic carbocycles. The average Bonchev–Trinajstić information content (AvgIpc) is 3.01. The first-order chi connectivity index (χ1) is 13.1. The number of anilines is 2. The number of amides is 1. The number of aromatic nitrogens is 2. The number of imidazole rings is 1. The van der Waals surface area contributed by atoms with Gasteiger partial charge in [0.15, 0.2) is 0 Å². The van der Waals surface area contributed by atoms with Crippen molar-refractivity contribution in [2.24, 2.45) is 0 Å². The first-order valence-corrected chi connectivity index (χ1v) is 9.42. The third kappa shape index (κ3) is 4.65. The molecule has 1 amide bonds. The van der Waals surface area contributed by atoms with Gasteiger partial charge in [-0.1, -0.05) is 38.1 Å². The van der Waals surface area contributed by atoms with Gasteiger partial charge in [-0.3, -0.25) is 10.1 Å². The molecule has 0 saturated heterocycles. The smallest absolute Gasteiger partial charge is 0.231 e. The number of nitrogens with two attached hydrogens (primary N) is 1. The normalized spacial score (nSPS) is 11.2. The molecule has 0 aliphatic rings. The first-order valence-electron chi connectivity index (χ1n) is 9.42. The number of rotatable bonds is 8. The summed E-state index contributed by atoms with van der Waals surface area (Å²) < 4.78 is 2.09. The number of carbonyl (C=O) groups is 1. The summed E-state index contributed by atoms with van der Waals surface area (Å²) in [7, 11) is 0. The van der Waals surface area contributed by atoms with E-state index in [1.165, 1.54) is 0 Å². The molecule has 6 nitrogen and oxygen atoms in total. The Morgan fingerprint density at radius 1 is 1.11 bits per heavy atom. The van der Waals surface area contributed by atoms with Crippen LogP contribution in [-0.2, 0) is 17.8 Å². The van der Waals surface area contributed by atoms with Gasteiger partial charge < -0.3 is 15.2 Å². The summed E-state index contributed by atoms with van der Waals surface area (Å²) in [4.78, 5) is 19.5. The second-order valence-electron chi connectivity index (χ2n) is 6.57. The van der Waals surface area contributed by atoms with E-state index in [1.54, 1.807) is 0 Å². The Bertz CT molecular complexity index is 897. The minimum Gasteiger partial charge on any atom is -0.399 e. The number of hydrogen-bond acceptors (Lipinski definition) is 4. The van der Waals surface area contributed by atoms with Crippen LogP contribution in [-0.4, -0.2) is 40.0 Å². The van der Waals surface area contributed by atoms with Crippen LogP contribution in [0.3, 0.4) is 0 Å². The molecular formula is C21H27N5O. The number of fused-ring (bicyclic) bond motifs is 1. The van der Waals surface area contributed by atoms with Crippen molar-refractivity contribution in [2.75, 3.05) is 30.7 Å². The number of nitrogen functional groups attached to an aromatic ring is 1. The molecule has 0 unspecified atom stereocenters. The molecule has 0 spiro atoms. The van der Waals surface area contributed by atoms with Gasteiger partial charge in [0.2, 0.25) is 11.9 Å². The summed E-state index contributed by atoms with van der Waals surface area (Å²) in [6, 6.07) is 15.3. The number of likely N-dealkylation sites (N-methyl/N-ethyl adjacent to an activating group) is 1. The topological polar surface area (TPSA) is 76.2 Å². The number of hydrogen-bond donors (Lipinski definition) is 2. The van der Waals surface area contributed by atoms with E-state index in [0.29, 0.717) is 18.1 Å². The highest BCUT2D eigenvalue weighted by molar-refractivity contribution is 5.92. The molecule has 6 heteroatoms. The van der Waals surface area contributed by atoms with E-state index < -0.39 is 0 Å². The predicted molar refractivity (Wildman–Crippen MR) is 111 cm³/mol. The summed E-state index contributed by atoms with van der Waals surface area (Å²) in [6.45, 7) is 8.01. The molecular weight excluding hydrogens is 338 g/mol. The van der Waals surface area contributed by atoms with Crippen molar-refractivity contribution in [3.8, 4) is 0 Å². The molecule has 3 N–H and O–H groups in total. The number of benzene rings is 2. The molecule has 2 aromatic carbocycles. The summed E-state index contributed by atoms with van der Waals surface area (Å²) >= 11 is 0. The van der Waals surface area contributed by atoms with E-state index in [-0.39, 0.29) is 5.91 Å². The van der Waals surface area contributed by atoms with Gasteiger partial charge in [-0.15, -0.1) is 0 Å². The van der Waals surface area contributed by atoms with Crippen LogP contribution in [0.1, 0.15) is 19.4 Å². The lowest BCUT2D eigenvalue weighted by molar-refractivity contribution is -0.115. The van der Waals surface area contributed by atoms with Crippen LogP contribution in [0, 0.1) is 0 Å². The monoisotopic (exact) mass is 365 g/mol. The Hall–Kier alpha value is -2.86. The van der Waals surface area contributed by atoms with Crippen LogP contribution in [0.25, 0.3) is 11.0 Å². The van der Waals surface area contributed by atoms with E-state index in [1.807, 2.05) is 48.5 Å². The molecule has 27 heavy (non-hydrogen) atoms. The van der Waals surface area contributed by atoms with E-state index in [0.717, 1.165) is 42.8 Å². The maximum atomic E-state index is 12.5. The minimum absolute atomic E-state index is 0.0841. The molecule has 142 valence electrons. The van der Waals surface area contributed by atoms with Gasteiger partial charge in [-0.05, 0) is 42.9 Å². The number of nitrogens with zero attached hydrogens (tertiary/aromatic N) is 3. The zero-order valence-electron chi connectivity index (χ0n) is 16.0. The molecule has 0 radical (unpaired) electrons. The Labute approximate surface area is 160 Å². The minimum atomic E-state index is -0.0841. The van der Waals surface area contributed by atoms with Crippen LogP contribution in [0.4, 0.5) is 11.6 Å². The molecule has 3 aromatic rings. The van der Waals surface area contributed by atoms with Crippen molar-refractivity contribution < 1.29 is 4.79 Å². The highest BCUT2D eigenvalue weighted by atomic mass is 16.1. The van der Waals surface area contributed by atoms with Gasteiger partial charge in [0.1, 0.15) is 0 Å². The van der Waals surface area contributed by atoms with Gasteiger partial charge in [0.25, 0.3) is 0 Å². The number of carbonyl (C=O) groups excluding carboxylic acids is 1. The molecule has 0 saturated carbocycles. The summed E-state index contributed by atoms with van der Waals surface area (Å²) in [6.07, 6.45) is 0.291. The van der Waals surface area contributed by atoms with Crippen LogP contribution < -0.4 is 11.1 Å². The van der Waals surface area contributed by atoms with Crippen molar-refractivity contribution in [1.29, 1.82) is 0 Å². The van der Waals surface area contributed by atoms with Crippen molar-refractivity contribution in [1.82, 2.24) is 14.5 Å². The lowest BCUT2D eigenvalue weighted by atomic mass is 10.1. The Kier molecular flexibility index (Phi) is 6.08. The fourth-order valence-corrected chi connectivity index (χ4v) is 3.17. The van der Waals surface area contributed by atoms with Crippen molar-refractivity contribution in [3.63, 3.8) is 0 Å². The molecule has 1 aromatic heterocycles. The fraction of sp³-hybridized carbons (Fsp3) is 0.333. The maximum Gasteiger partial charge on any atom is 0.231 e. The Balaban J connectivity index is 1.79. The van der Waals surface area contributed by atoms with Gasteiger partial charge in [0, 0.05) is 18.8 Å². The summed E-state index contributed by atoms with van der Waals surface area (Å²) in [5.41, 5.74) is 9.25. The number of nitrogens with one attached hydrogen (secondary N) is 1. The maximum absolute atomic E-state index is 12.5. The Morgan fingerprint density at radius 2 is 1.81 bits per heavy atom. The molecule has 0 fully saturated rings. The first kappa shape index (κ1) is 18.9. The largest absolute Gasteiger partial charge is 0.399 e. The van der Waals surface area contributed by atoms with Gasteiger partial charge in [0.05, 0.1) is 17.5 Å². The highest BCUT2D eigenvalue weighted by Gasteiger charge is 2.14. The van der Waals surface area contributed by atoms with Gasteiger partial charge in [-0.2, -0.15) is 0 Å². The van der Waals surface area contributed by atoms with Crippen LogP contribution in [0.5, 0.6) is 0 Å². The van der Waals surface area contributed by atoms with E-state index in [2.05, 4.69) is 33.6 Å². The highest BCUT2D eigenvalue weighted by Crippen LogP contribution is 2.20. The van der Waals surface area contributed by atoms with E-state index in [9.17, 15) is 4.79 Å². The molecule has 1 heterocycles. The summed E-state index contributed by atoms with van der Waals surface area (Å²) in [5.74, 6) is 0.517. The van der Waals surface area contributed by atoms with E-state index in [4.69, 9.17) is 5.73 Å². The van der Waals surface area contributed by atoms with Crippen LogP contribution in [0.15, 0.2) is 48.5 Å². The lowest BCUT2D eigenvalue weighted by Crippen LogP contribution is -2.28. The average molecular weight is 365 g/mol. The standard InChI is InChI=1S/C21H27N5O/c1-3-25(4-2)13-14-26-19-8-6-5-7-18(19)23-21(26)24-20(27)15-16-9-11-17(22)12-10-16/h5-12H,3-4,13-15,22H2,1-2H3,(H,23,24,27). The van der Waals surface area contributed by atoms with E-state index >= 15 is 0 Å². The zero-order chi connectivity index (χ0) is 19.2. The number of para-hydroxylation sites is 2. The SMILES string of the molecule is CCN(CC)CCn1c(NC(=O)Cc2ccc(N)cc2)nc2ccccc21. The van der Waals surface area contributed by atoms with Crippen molar-refractivity contribution in [2.45, 2.75) is 26.8 Å². The molecule has 0 atom stereocenters. The third-order valence-corrected chi connectivity index (χ3v) is 4.78. The van der Waals surface area contributed by atoms with Crippen molar-refractivity contribution >= 4 is 28.6 Å². The molecule has 0 bridgehead atoms. The fourth-order valence-electron chi connectivity index (χ4n) is 3.17. The van der Waals surface area contributed by atoms with Gasteiger partial charge >= 0.3 is 0 Å². The van der Waals surface area contributed by atoms with Crippen LogP contribution >= 0.6 is 0 Å². The summed E-state index contributed by atoms with van der Waals surface area (Å²) in [5, 5.41) is 2.99. The quantitative estimate of drug-likeness (QED) is 0.601. The Morgan fingerprint density at radius 3 is 2.52 bits per heavy atom. The second kappa shape index (κ2) is 8.68. The third-order valence-electron chi connectivity index (χ3n) is 4.78. The molecule has 0 aliphatic heterocycles. The van der Waals surface area contributed by atoms with Crippen LogP contribution in [0.2, 0.25) is 0 Å².